The largest absolute Gasteiger partial charge is 0.497 e. The minimum atomic E-state index is 0.696. The molecule has 0 amide bonds. The minimum Gasteiger partial charge on any atom is -0.497 e. The second-order valence-corrected chi connectivity index (χ2v) is 4.40. The molecule has 1 aliphatic heterocycles. The lowest BCUT2D eigenvalue weighted by Crippen LogP contribution is -2.10. The first kappa shape index (κ1) is 12.0. The molecule has 1 fully saturated rings. The Morgan fingerprint density at radius 3 is 3.06 bits per heavy atom. The summed E-state index contributed by atoms with van der Waals surface area (Å²) in [6.07, 6.45) is 2.31. The third-order valence-electron chi connectivity index (χ3n) is 3.15. The number of hydrogen-bond acceptors (Lipinski definition) is 4. The van der Waals surface area contributed by atoms with Crippen LogP contribution in [0.4, 0.5) is 11.4 Å². The molecule has 94 valence electrons. The molecule has 1 atom stereocenters. The standard InChI is InChI=1S/C13H20N2O2/c1-16-11-2-3-13(12(14)8-11)15-6-4-10-5-7-17-9-10/h2-3,8,10,15H,4-7,9,14H2,1H3. The molecule has 2 rings (SSSR count). The van der Waals surface area contributed by atoms with Crippen LogP contribution in [0, 0.1) is 5.92 Å². The Bertz CT molecular complexity index is 362. The lowest BCUT2D eigenvalue weighted by molar-refractivity contribution is 0.185. The van der Waals surface area contributed by atoms with Crippen LogP contribution in [0.25, 0.3) is 0 Å². The molecule has 3 N–H and O–H groups in total. The lowest BCUT2D eigenvalue weighted by Gasteiger charge is -2.12. The molecule has 4 nitrogen and oxygen atoms in total. The molecule has 0 aromatic heterocycles. The monoisotopic (exact) mass is 236 g/mol. The number of anilines is 2. The van der Waals surface area contributed by atoms with E-state index in [2.05, 4.69) is 5.32 Å². The van der Waals surface area contributed by atoms with Gasteiger partial charge in [0.2, 0.25) is 0 Å². The van der Waals surface area contributed by atoms with Gasteiger partial charge < -0.3 is 20.5 Å². The Morgan fingerprint density at radius 2 is 2.41 bits per heavy atom. The van der Waals surface area contributed by atoms with Crippen molar-refractivity contribution >= 4 is 11.4 Å². The van der Waals surface area contributed by atoms with Crippen molar-refractivity contribution in [2.24, 2.45) is 5.92 Å². The van der Waals surface area contributed by atoms with Crippen molar-refractivity contribution in [1.29, 1.82) is 0 Å². The second kappa shape index (κ2) is 5.77. The van der Waals surface area contributed by atoms with Crippen molar-refractivity contribution in [3.05, 3.63) is 18.2 Å². The number of rotatable bonds is 5. The van der Waals surface area contributed by atoms with E-state index in [0.29, 0.717) is 5.92 Å². The van der Waals surface area contributed by atoms with Crippen LogP contribution < -0.4 is 15.8 Å². The van der Waals surface area contributed by atoms with Gasteiger partial charge in [0.05, 0.1) is 18.5 Å². The van der Waals surface area contributed by atoms with Gasteiger partial charge in [-0.05, 0) is 30.9 Å². The fraction of sp³-hybridized carbons (Fsp3) is 0.538. The molecule has 0 saturated carbocycles. The van der Waals surface area contributed by atoms with Crippen molar-refractivity contribution in [3.63, 3.8) is 0 Å². The van der Waals surface area contributed by atoms with Crippen molar-refractivity contribution in [3.8, 4) is 5.75 Å². The van der Waals surface area contributed by atoms with Crippen LogP contribution in [0.5, 0.6) is 5.75 Å². The van der Waals surface area contributed by atoms with E-state index < -0.39 is 0 Å². The Labute approximate surface area is 102 Å². The summed E-state index contributed by atoms with van der Waals surface area (Å²) >= 11 is 0. The van der Waals surface area contributed by atoms with Gasteiger partial charge in [0.1, 0.15) is 5.75 Å². The molecule has 1 saturated heterocycles. The molecule has 1 aliphatic rings. The van der Waals surface area contributed by atoms with Gasteiger partial charge in [0.25, 0.3) is 0 Å². The summed E-state index contributed by atoms with van der Waals surface area (Å²) in [6.45, 7) is 2.75. The number of nitrogen functional groups attached to an aromatic ring is 1. The summed E-state index contributed by atoms with van der Waals surface area (Å²) in [7, 11) is 1.64. The highest BCUT2D eigenvalue weighted by atomic mass is 16.5. The van der Waals surface area contributed by atoms with Crippen LogP contribution in [0.1, 0.15) is 12.8 Å². The van der Waals surface area contributed by atoms with E-state index in [1.807, 2.05) is 18.2 Å². The molecule has 1 unspecified atom stereocenters. The molecule has 0 spiro atoms. The number of nitrogens with two attached hydrogens (primary N) is 1. The summed E-state index contributed by atoms with van der Waals surface area (Å²) in [5, 5.41) is 3.36. The van der Waals surface area contributed by atoms with Gasteiger partial charge in [-0.15, -0.1) is 0 Å². The minimum absolute atomic E-state index is 0.696. The quantitative estimate of drug-likeness (QED) is 0.769. The van der Waals surface area contributed by atoms with Gasteiger partial charge in [-0.3, -0.25) is 0 Å². The van der Waals surface area contributed by atoms with Crippen LogP contribution in [0.2, 0.25) is 0 Å². The molecule has 0 radical (unpaired) electrons. The first-order valence-electron chi connectivity index (χ1n) is 6.04. The number of methoxy groups -OCH3 is 1. The van der Waals surface area contributed by atoms with Crippen molar-refractivity contribution in [2.45, 2.75) is 12.8 Å². The van der Waals surface area contributed by atoms with Crippen molar-refractivity contribution < 1.29 is 9.47 Å². The Balaban J connectivity index is 1.81. The molecular formula is C13H20N2O2. The average molecular weight is 236 g/mol. The maximum absolute atomic E-state index is 5.92. The Kier molecular flexibility index (Phi) is 4.09. The Morgan fingerprint density at radius 1 is 1.53 bits per heavy atom. The fourth-order valence-corrected chi connectivity index (χ4v) is 2.05. The van der Waals surface area contributed by atoms with E-state index in [1.54, 1.807) is 7.11 Å². The van der Waals surface area contributed by atoms with Crippen LogP contribution in [-0.2, 0) is 4.74 Å². The van der Waals surface area contributed by atoms with E-state index in [9.17, 15) is 0 Å². The van der Waals surface area contributed by atoms with Crippen LogP contribution in [0.3, 0.4) is 0 Å². The first-order chi connectivity index (χ1) is 8.29. The number of ether oxygens (including phenoxy) is 2. The predicted octanol–water partition coefficient (Wildman–Crippen LogP) is 2.12. The summed E-state index contributed by atoms with van der Waals surface area (Å²) in [6, 6.07) is 5.71. The molecular weight excluding hydrogens is 216 g/mol. The third-order valence-corrected chi connectivity index (χ3v) is 3.15. The normalized spacial score (nSPS) is 19.2. The Hall–Kier alpha value is -1.42. The van der Waals surface area contributed by atoms with Gasteiger partial charge in [-0.25, -0.2) is 0 Å². The molecule has 0 bridgehead atoms. The maximum atomic E-state index is 5.92. The summed E-state index contributed by atoms with van der Waals surface area (Å²) in [5.41, 5.74) is 7.63. The lowest BCUT2D eigenvalue weighted by atomic mass is 10.1. The molecule has 1 aromatic carbocycles. The molecule has 0 aliphatic carbocycles. The van der Waals surface area contributed by atoms with Gasteiger partial charge in [-0.1, -0.05) is 0 Å². The van der Waals surface area contributed by atoms with Crippen LogP contribution in [-0.4, -0.2) is 26.9 Å². The zero-order valence-corrected chi connectivity index (χ0v) is 10.2. The van der Waals surface area contributed by atoms with E-state index in [0.717, 1.165) is 43.3 Å². The number of benzene rings is 1. The van der Waals surface area contributed by atoms with Gasteiger partial charge in [0.15, 0.2) is 0 Å². The van der Waals surface area contributed by atoms with E-state index >= 15 is 0 Å². The summed E-state index contributed by atoms with van der Waals surface area (Å²) < 4.78 is 10.5. The van der Waals surface area contributed by atoms with E-state index in [4.69, 9.17) is 15.2 Å². The molecule has 4 heteroatoms. The van der Waals surface area contributed by atoms with Crippen molar-refractivity contribution in [2.75, 3.05) is 37.9 Å². The smallest absolute Gasteiger partial charge is 0.121 e. The average Bonchev–Trinajstić information content (AvgIpc) is 2.84. The highest BCUT2D eigenvalue weighted by molar-refractivity contribution is 5.68. The van der Waals surface area contributed by atoms with Crippen molar-refractivity contribution in [1.82, 2.24) is 0 Å². The second-order valence-electron chi connectivity index (χ2n) is 4.40. The van der Waals surface area contributed by atoms with Crippen LogP contribution in [0.15, 0.2) is 18.2 Å². The topological polar surface area (TPSA) is 56.5 Å². The predicted molar refractivity (Wildman–Crippen MR) is 69.4 cm³/mol. The van der Waals surface area contributed by atoms with Gasteiger partial charge in [0, 0.05) is 25.8 Å². The SMILES string of the molecule is COc1ccc(NCCC2CCOC2)c(N)c1. The zero-order valence-electron chi connectivity index (χ0n) is 10.2. The van der Waals surface area contributed by atoms with E-state index in [-0.39, 0.29) is 0 Å². The maximum Gasteiger partial charge on any atom is 0.121 e. The molecule has 1 aromatic rings. The highest BCUT2D eigenvalue weighted by Crippen LogP contribution is 2.24. The molecule has 17 heavy (non-hydrogen) atoms. The zero-order chi connectivity index (χ0) is 12.1. The fourth-order valence-electron chi connectivity index (χ4n) is 2.05. The van der Waals surface area contributed by atoms with Crippen LogP contribution >= 0.6 is 0 Å². The summed E-state index contributed by atoms with van der Waals surface area (Å²) in [5.74, 6) is 1.49. The van der Waals surface area contributed by atoms with Gasteiger partial charge >= 0.3 is 0 Å². The van der Waals surface area contributed by atoms with E-state index in [1.165, 1.54) is 6.42 Å². The van der Waals surface area contributed by atoms with Gasteiger partial charge in [-0.2, -0.15) is 0 Å². The third kappa shape index (κ3) is 3.27. The first-order valence-corrected chi connectivity index (χ1v) is 6.04. The molecule has 1 heterocycles. The highest BCUT2D eigenvalue weighted by Gasteiger charge is 2.14. The summed E-state index contributed by atoms with van der Waals surface area (Å²) in [4.78, 5) is 0. The number of nitrogens with one attached hydrogen (secondary N) is 1. The number of hydrogen-bond donors (Lipinski definition) is 2.